The van der Waals surface area contributed by atoms with Gasteiger partial charge in [0.15, 0.2) is 18.1 Å². The average Bonchev–Trinajstić information content (AvgIpc) is 3.13. The highest BCUT2D eigenvalue weighted by Gasteiger charge is 2.08. The van der Waals surface area contributed by atoms with Crippen molar-refractivity contribution in [2.75, 3.05) is 19.0 Å². The van der Waals surface area contributed by atoms with Crippen molar-refractivity contribution in [1.29, 1.82) is 0 Å². The first-order valence-corrected chi connectivity index (χ1v) is 8.98. The molecule has 0 aliphatic carbocycles. The maximum Gasteiger partial charge on any atom is 0.262 e. The number of aromatic nitrogens is 4. The minimum atomic E-state index is -0.261. The van der Waals surface area contributed by atoms with E-state index in [1.165, 1.54) is 0 Å². The molecule has 8 nitrogen and oxygen atoms in total. The van der Waals surface area contributed by atoms with Crippen molar-refractivity contribution in [3.05, 3.63) is 66.5 Å². The van der Waals surface area contributed by atoms with Gasteiger partial charge in [-0.15, -0.1) is 10.2 Å². The van der Waals surface area contributed by atoms with Crippen molar-refractivity contribution in [1.82, 2.24) is 19.8 Å². The van der Waals surface area contributed by atoms with Gasteiger partial charge in [-0.1, -0.05) is 18.2 Å². The summed E-state index contributed by atoms with van der Waals surface area (Å²) in [6, 6.07) is 18.3. The molecule has 146 valence electrons. The van der Waals surface area contributed by atoms with Gasteiger partial charge in [0.1, 0.15) is 11.5 Å². The van der Waals surface area contributed by atoms with E-state index in [1.807, 2.05) is 49.4 Å². The van der Waals surface area contributed by atoms with Crippen LogP contribution in [0.15, 0.2) is 60.7 Å². The third-order valence-electron chi connectivity index (χ3n) is 4.27. The van der Waals surface area contributed by atoms with Crippen LogP contribution in [-0.2, 0) is 4.79 Å². The number of carbonyl (C=O) groups is 1. The van der Waals surface area contributed by atoms with E-state index in [4.69, 9.17) is 9.47 Å². The lowest BCUT2D eigenvalue weighted by Crippen LogP contribution is -2.20. The number of hydrogen-bond donors (Lipinski definition) is 1. The minimum absolute atomic E-state index is 0.110. The van der Waals surface area contributed by atoms with Crippen LogP contribution in [0, 0.1) is 6.92 Å². The second kappa shape index (κ2) is 7.97. The van der Waals surface area contributed by atoms with Gasteiger partial charge < -0.3 is 14.8 Å². The summed E-state index contributed by atoms with van der Waals surface area (Å²) in [6.45, 7) is 1.73. The molecule has 8 heteroatoms. The lowest BCUT2D eigenvalue weighted by atomic mass is 10.1. The molecule has 2 aromatic heterocycles. The number of nitrogens with zero attached hydrogens (tertiary/aromatic N) is 4. The summed E-state index contributed by atoms with van der Waals surface area (Å²) in [7, 11) is 1.58. The van der Waals surface area contributed by atoms with E-state index in [9.17, 15) is 4.79 Å². The SMILES string of the molecule is COc1cccc(OCC(=O)Nc2cccc(-c3ccc4nnc(C)n4n3)c2)c1. The molecule has 0 spiro atoms. The Morgan fingerprint density at radius 2 is 1.86 bits per heavy atom. The van der Waals surface area contributed by atoms with Gasteiger partial charge in [0.25, 0.3) is 5.91 Å². The fourth-order valence-electron chi connectivity index (χ4n) is 2.84. The highest BCUT2D eigenvalue weighted by atomic mass is 16.5. The van der Waals surface area contributed by atoms with Crippen LogP contribution in [0.2, 0.25) is 0 Å². The van der Waals surface area contributed by atoms with Crippen LogP contribution in [0.3, 0.4) is 0 Å². The van der Waals surface area contributed by atoms with Crippen molar-refractivity contribution in [3.8, 4) is 22.8 Å². The van der Waals surface area contributed by atoms with E-state index in [0.717, 1.165) is 11.3 Å². The van der Waals surface area contributed by atoms with Gasteiger partial charge in [-0.05, 0) is 43.3 Å². The number of rotatable bonds is 6. The number of carbonyl (C=O) groups excluding carboxylic acids is 1. The van der Waals surface area contributed by atoms with Gasteiger partial charge in [-0.2, -0.15) is 9.61 Å². The van der Waals surface area contributed by atoms with E-state index >= 15 is 0 Å². The first-order chi connectivity index (χ1) is 14.1. The van der Waals surface area contributed by atoms with E-state index in [2.05, 4.69) is 20.6 Å². The Kier molecular flexibility index (Phi) is 5.07. The van der Waals surface area contributed by atoms with Crippen LogP contribution in [0.4, 0.5) is 5.69 Å². The molecule has 29 heavy (non-hydrogen) atoms. The highest BCUT2D eigenvalue weighted by molar-refractivity contribution is 5.92. The predicted octanol–water partition coefficient (Wildman–Crippen LogP) is 3.13. The maximum absolute atomic E-state index is 12.3. The van der Waals surface area contributed by atoms with Gasteiger partial charge in [-0.25, -0.2) is 0 Å². The summed E-state index contributed by atoms with van der Waals surface area (Å²) in [5.74, 6) is 1.68. The number of nitrogens with one attached hydrogen (secondary N) is 1. The fraction of sp³-hybridized carbons (Fsp3) is 0.143. The van der Waals surface area contributed by atoms with Crippen molar-refractivity contribution >= 4 is 17.2 Å². The second-order valence-corrected chi connectivity index (χ2v) is 6.33. The molecule has 1 N–H and O–H groups in total. The molecule has 0 radical (unpaired) electrons. The third kappa shape index (κ3) is 4.16. The Hall–Kier alpha value is -3.94. The standard InChI is InChI=1S/C21H19N5O3/c1-14-23-24-20-10-9-19(25-26(14)20)15-5-3-6-16(11-15)22-21(27)13-29-18-8-4-7-17(12-18)28-2/h3-12H,13H2,1-2H3,(H,22,27). The molecular weight excluding hydrogens is 370 g/mol. The van der Waals surface area contributed by atoms with Crippen LogP contribution in [0.5, 0.6) is 11.5 Å². The number of ether oxygens (including phenoxy) is 2. The van der Waals surface area contributed by atoms with E-state index < -0.39 is 0 Å². The minimum Gasteiger partial charge on any atom is -0.497 e. The number of amides is 1. The first-order valence-electron chi connectivity index (χ1n) is 8.98. The smallest absolute Gasteiger partial charge is 0.262 e. The zero-order valence-electron chi connectivity index (χ0n) is 16.0. The summed E-state index contributed by atoms with van der Waals surface area (Å²) >= 11 is 0. The van der Waals surface area contributed by atoms with Crippen LogP contribution in [0.25, 0.3) is 16.9 Å². The average molecular weight is 389 g/mol. The van der Waals surface area contributed by atoms with Crippen molar-refractivity contribution < 1.29 is 14.3 Å². The van der Waals surface area contributed by atoms with Crippen molar-refractivity contribution in [2.45, 2.75) is 6.92 Å². The number of benzene rings is 2. The Morgan fingerprint density at radius 1 is 1.03 bits per heavy atom. The topological polar surface area (TPSA) is 90.6 Å². The second-order valence-electron chi connectivity index (χ2n) is 6.33. The zero-order valence-corrected chi connectivity index (χ0v) is 16.0. The van der Waals surface area contributed by atoms with Gasteiger partial charge in [0.2, 0.25) is 0 Å². The molecule has 0 saturated carbocycles. The normalized spacial score (nSPS) is 10.7. The van der Waals surface area contributed by atoms with Gasteiger partial charge in [-0.3, -0.25) is 4.79 Å². The molecular formula is C21H19N5O3. The maximum atomic E-state index is 12.3. The Balaban J connectivity index is 1.45. The first kappa shape index (κ1) is 18.4. The van der Waals surface area contributed by atoms with Gasteiger partial charge in [0, 0.05) is 17.3 Å². The molecule has 2 aromatic carbocycles. The van der Waals surface area contributed by atoms with Crippen molar-refractivity contribution in [3.63, 3.8) is 0 Å². The number of aryl methyl sites for hydroxylation is 1. The van der Waals surface area contributed by atoms with Crippen LogP contribution in [0.1, 0.15) is 5.82 Å². The van der Waals surface area contributed by atoms with Crippen LogP contribution in [-0.4, -0.2) is 39.4 Å². The third-order valence-corrected chi connectivity index (χ3v) is 4.27. The summed E-state index contributed by atoms with van der Waals surface area (Å²) in [5.41, 5.74) is 2.96. The summed E-state index contributed by atoms with van der Waals surface area (Å²) < 4.78 is 12.4. The molecule has 0 fully saturated rings. The number of fused-ring (bicyclic) bond motifs is 1. The Labute approximate surface area is 167 Å². The van der Waals surface area contributed by atoms with Gasteiger partial charge in [0.05, 0.1) is 12.8 Å². The molecule has 2 heterocycles. The van der Waals surface area contributed by atoms with Gasteiger partial charge >= 0.3 is 0 Å². The van der Waals surface area contributed by atoms with E-state index in [0.29, 0.717) is 28.7 Å². The quantitative estimate of drug-likeness (QED) is 0.545. The molecule has 4 aromatic rings. The number of methoxy groups -OCH3 is 1. The fourth-order valence-corrected chi connectivity index (χ4v) is 2.84. The molecule has 0 aliphatic heterocycles. The summed E-state index contributed by atoms with van der Waals surface area (Å²) in [4.78, 5) is 12.3. The van der Waals surface area contributed by atoms with Crippen LogP contribution < -0.4 is 14.8 Å². The molecule has 0 unspecified atom stereocenters. The lowest BCUT2D eigenvalue weighted by Gasteiger charge is -2.09. The number of hydrogen-bond acceptors (Lipinski definition) is 6. The van der Waals surface area contributed by atoms with Crippen molar-refractivity contribution in [2.24, 2.45) is 0 Å². The van der Waals surface area contributed by atoms with E-state index in [-0.39, 0.29) is 12.5 Å². The monoisotopic (exact) mass is 389 g/mol. The molecule has 0 atom stereocenters. The highest BCUT2D eigenvalue weighted by Crippen LogP contribution is 2.22. The lowest BCUT2D eigenvalue weighted by molar-refractivity contribution is -0.118. The molecule has 0 aliphatic rings. The Bertz CT molecular complexity index is 1170. The predicted molar refractivity (Wildman–Crippen MR) is 108 cm³/mol. The zero-order chi connectivity index (χ0) is 20.2. The molecule has 1 amide bonds. The number of anilines is 1. The Morgan fingerprint density at radius 3 is 2.72 bits per heavy atom. The molecule has 0 bridgehead atoms. The summed E-state index contributed by atoms with van der Waals surface area (Å²) in [6.07, 6.45) is 0. The molecule has 0 saturated heterocycles. The molecule has 4 rings (SSSR count). The largest absolute Gasteiger partial charge is 0.497 e. The summed E-state index contributed by atoms with van der Waals surface area (Å²) in [5, 5.41) is 15.5. The van der Waals surface area contributed by atoms with Crippen LogP contribution >= 0.6 is 0 Å². The van der Waals surface area contributed by atoms with E-state index in [1.54, 1.807) is 29.8 Å².